The Morgan fingerprint density at radius 3 is 1.62 bits per heavy atom. The highest BCUT2D eigenvalue weighted by molar-refractivity contribution is 8.01. The predicted molar refractivity (Wildman–Crippen MR) is 51.2 cm³/mol. The van der Waals surface area contributed by atoms with Gasteiger partial charge in [0, 0.05) is 0 Å². The normalized spacial score (nSPS) is 14.5. The molecule has 0 heterocycles. The number of hydrazine groups is 2. The highest BCUT2D eigenvalue weighted by Crippen LogP contribution is 2.16. The Labute approximate surface area is 80.7 Å². The fraction of sp³-hybridized carbons (Fsp3) is 0.667. The maximum atomic E-state index is 10.9. The third-order valence-corrected chi connectivity index (χ3v) is 2.68. The van der Waals surface area contributed by atoms with Gasteiger partial charge in [-0.3, -0.25) is 20.4 Å². The summed E-state index contributed by atoms with van der Waals surface area (Å²) in [6.45, 7) is 3.32. The average molecular weight is 206 g/mol. The molecule has 0 aliphatic heterocycles. The lowest BCUT2D eigenvalue weighted by Gasteiger charge is -2.13. The molecular formula is C6H14N4O2S. The van der Waals surface area contributed by atoms with Gasteiger partial charge in [0.1, 0.15) is 0 Å². The van der Waals surface area contributed by atoms with Crippen molar-refractivity contribution in [2.75, 3.05) is 0 Å². The maximum Gasteiger partial charge on any atom is 0.246 e. The van der Waals surface area contributed by atoms with Gasteiger partial charge in [0.05, 0.1) is 10.5 Å². The number of hydrogen-bond acceptors (Lipinski definition) is 5. The highest BCUT2D eigenvalue weighted by Gasteiger charge is 2.19. The molecule has 0 saturated heterocycles. The Morgan fingerprint density at radius 2 is 1.38 bits per heavy atom. The number of rotatable bonds is 4. The summed E-state index contributed by atoms with van der Waals surface area (Å²) in [5.74, 6) is 9.20. The van der Waals surface area contributed by atoms with Gasteiger partial charge >= 0.3 is 0 Å². The van der Waals surface area contributed by atoms with Crippen molar-refractivity contribution < 1.29 is 9.59 Å². The van der Waals surface area contributed by atoms with Gasteiger partial charge in [0.15, 0.2) is 0 Å². The van der Waals surface area contributed by atoms with E-state index in [4.69, 9.17) is 11.7 Å². The lowest BCUT2D eigenvalue weighted by molar-refractivity contribution is -0.120. The molecule has 2 unspecified atom stereocenters. The van der Waals surface area contributed by atoms with Crippen LogP contribution in [0.3, 0.4) is 0 Å². The highest BCUT2D eigenvalue weighted by atomic mass is 32.2. The lowest BCUT2D eigenvalue weighted by atomic mass is 10.4. The standard InChI is InChI=1S/C6H14N4O2S/c1-3(5(11)9-7)13-4(2)6(12)10-8/h3-4H,7-8H2,1-2H3,(H,9,11)(H,10,12). The zero-order valence-electron chi connectivity index (χ0n) is 7.53. The largest absolute Gasteiger partial charge is 0.293 e. The van der Waals surface area contributed by atoms with Crippen molar-refractivity contribution in [2.45, 2.75) is 24.3 Å². The van der Waals surface area contributed by atoms with Crippen LogP contribution in [0.1, 0.15) is 13.8 Å². The smallest absolute Gasteiger partial charge is 0.246 e. The summed E-state index contributed by atoms with van der Waals surface area (Å²) >= 11 is 1.18. The molecule has 6 nitrogen and oxygen atoms in total. The quantitative estimate of drug-likeness (QED) is 0.253. The summed E-state index contributed by atoms with van der Waals surface area (Å²) in [4.78, 5) is 21.9. The van der Waals surface area contributed by atoms with Gasteiger partial charge in [-0.15, -0.1) is 11.8 Å². The molecular weight excluding hydrogens is 192 g/mol. The van der Waals surface area contributed by atoms with Crippen molar-refractivity contribution in [3.05, 3.63) is 0 Å². The average Bonchev–Trinajstić information content (AvgIpc) is 2.14. The van der Waals surface area contributed by atoms with E-state index in [1.165, 1.54) is 11.8 Å². The number of nitrogens with one attached hydrogen (secondary N) is 2. The summed E-state index contributed by atoms with van der Waals surface area (Å²) in [7, 11) is 0. The minimum Gasteiger partial charge on any atom is -0.293 e. The molecule has 0 rings (SSSR count). The summed E-state index contributed by atoms with van der Waals surface area (Å²) in [5.41, 5.74) is 4.01. The molecule has 0 aromatic heterocycles. The van der Waals surface area contributed by atoms with Gasteiger partial charge in [-0.1, -0.05) is 0 Å². The molecule has 0 aliphatic carbocycles. The first-order valence-electron chi connectivity index (χ1n) is 3.69. The van der Waals surface area contributed by atoms with Crippen molar-refractivity contribution >= 4 is 23.6 Å². The molecule has 2 amide bonds. The second-order valence-corrected chi connectivity index (χ2v) is 4.12. The summed E-state index contributed by atoms with van der Waals surface area (Å²) in [6.07, 6.45) is 0. The molecule has 2 atom stereocenters. The second-order valence-electron chi connectivity index (χ2n) is 2.44. The number of hydrogen-bond donors (Lipinski definition) is 4. The second kappa shape index (κ2) is 5.79. The Balaban J connectivity index is 3.98. The first-order chi connectivity index (χ1) is 6.02. The van der Waals surface area contributed by atoms with E-state index in [1.807, 2.05) is 10.9 Å². The number of carbonyl (C=O) groups is 2. The summed E-state index contributed by atoms with van der Waals surface area (Å²) in [6, 6.07) is 0. The molecule has 0 aromatic rings. The third kappa shape index (κ3) is 4.11. The molecule has 13 heavy (non-hydrogen) atoms. The first kappa shape index (κ1) is 12.2. The SMILES string of the molecule is CC(SC(C)C(=O)NN)C(=O)NN. The number of carbonyl (C=O) groups excluding carboxylic acids is 2. The van der Waals surface area contributed by atoms with Crippen LogP contribution in [0.4, 0.5) is 0 Å². The molecule has 0 aromatic carbocycles. The van der Waals surface area contributed by atoms with E-state index in [1.54, 1.807) is 13.8 Å². The van der Waals surface area contributed by atoms with Gasteiger partial charge in [0.2, 0.25) is 11.8 Å². The zero-order valence-corrected chi connectivity index (χ0v) is 8.35. The Hall–Kier alpha value is -0.790. The van der Waals surface area contributed by atoms with Crippen LogP contribution in [-0.4, -0.2) is 22.3 Å². The van der Waals surface area contributed by atoms with Gasteiger partial charge in [-0.05, 0) is 13.8 Å². The van der Waals surface area contributed by atoms with Crippen molar-refractivity contribution in [3.8, 4) is 0 Å². The van der Waals surface area contributed by atoms with Crippen LogP contribution < -0.4 is 22.5 Å². The molecule has 0 saturated carbocycles. The minimum atomic E-state index is -0.378. The Kier molecular flexibility index (Phi) is 5.44. The molecule has 0 bridgehead atoms. The first-order valence-corrected chi connectivity index (χ1v) is 4.63. The van der Waals surface area contributed by atoms with E-state index in [2.05, 4.69) is 0 Å². The van der Waals surface area contributed by atoms with Crippen LogP contribution in [-0.2, 0) is 9.59 Å². The van der Waals surface area contributed by atoms with E-state index in [0.717, 1.165) is 0 Å². The predicted octanol–water partition coefficient (Wildman–Crippen LogP) is -1.52. The van der Waals surface area contributed by atoms with Crippen LogP contribution in [0.2, 0.25) is 0 Å². The molecule has 76 valence electrons. The van der Waals surface area contributed by atoms with E-state index < -0.39 is 0 Å². The summed E-state index contributed by atoms with van der Waals surface area (Å²) < 4.78 is 0. The zero-order chi connectivity index (χ0) is 10.4. The van der Waals surface area contributed by atoms with Gasteiger partial charge in [0.25, 0.3) is 0 Å². The fourth-order valence-electron chi connectivity index (χ4n) is 0.664. The molecule has 0 spiro atoms. The van der Waals surface area contributed by atoms with E-state index in [-0.39, 0.29) is 22.3 Å². The van der Waals surface area contributed by atoms with Crippen LogP contribution in [0, 0.1) is 0 Å². The number of nitrogens with two attached hydrogens (primary N) is 2. The van der Waals surface area contributed by atoms with E-state index in [0.29, 0.717) is 0 Å². The van der Waals surface area contributed by atoms with Gasteiger partial charge in [-0.2, -0.15) is 0 Å². The summed E-state index contributed by atoms with van der Waals surface area (Å²) in [5, 5.41) is -0.755. The molecule has 0 fully saturated rings. The lowest BCUT2D eigenvalue weighted by Crippen LogP contribution is -2.40. The molecule has 6 N–H and O–H groups in total. The molecule has 0 aliphatic rings. The monoisotopic (exact) mass is 206 g/mol. The molecule has 7 heteroatoms. The van der Waals surface area contributed by atoms with Gasteiger partial charge in [-0.25, -0.2) is 11.7 Å². The third-order valence-electron chi connectivity index (χ3n) is 1.43. The van der Waals surface area contributed by atoms with Crippen LogP contribution in [0.25, 0.3) is 0 Å². The van der Waals surface area contributed by atoms with Crippen LogP contribution in [0.15, 0.2) is 0 Å². The topological polar surface area (TPSA) is 110 Å². The van der Waals surface area contributed by atoms with Crippen LogP contribution in [0.5, 0.6) is 0 Å². The Morgan fingerprint density at radius 1 is 1.08 bits per heavy atom. The van der Waals surface area contributed by atoms with Crippen molar-refractivity contribution in [1.82, 2.24) is 10.9 Å². The fourth-order valence-corrected chi connectivity index (χ4v) is 1.66. The minimum absolute atomic E-state index is 0.318. The van der Waals surface area contributed by atoms with E-state index >= 15 is 0 Å². The van der Waals surface area contributed by atoms with Crippen molar-refractivity contribution in [1.29, 1.82) is 0 Å². The molecule has 0 radical (unpaired) electrons. The maximum absolute atomic E-state index is 10.9. The van der Waals surface area contributed by atoms with Gasteiger partial charge < -0.3 is 0 Å². The number of thioether (sulfide) groups is 1. The van der Waals surface area contributed by atoms with Crippen LogP contribution >= 0.6 is 11.8 Å². The number of amides is 2. The van der Waals surface area contributed by atoms with Crippen molar-refractivity contribution in [3.63, 3.8) is 0 Å². The van der Waals surface area contributed by atoms with Crippen molar-refractivity contribution in [2.24, 2.45) is 11.7 Å². The van der Waals surface area contributed by atoms with E-state index in [9.17, 15) is 9.59 Å². The Bertz CT molecular complexity index is 179.